The Morgan fingerprint density at radius 1 is 1.27 bits per heavy atom. The van der Waals surface area contributed by atoms with Gasteiger partial charge in [-0.2, -0.15) is 0 Å². The largest absolute Gasteiger partial charge is 0.365 e. The summed E-state index contributed by atoms with van der Waals surface area (Å²) in [5.41, 5.74) is 7.47. The van der Waals surface area contributed by atoms with Gasteiger partial charge in [-0.25, -0.2) is 0 Å². The molecule has 0 aliphatic rings. The Labute approximate surface area is 92.4 Å². The molecule has 0 saturated heterocycles. The number of carbonyl (C=O) groups is 1. The van der Waals surface area contributed by atoms with Gasteiger partial charge in [0.25, 0.3) is 5.91 Å². The average molecular weight is 217 g/mol. The van der Waals surface area contributed by atoms with Crippen LogP contribution in [-0.2, 0) is 0 Å². The lowest BCUT2D eigenvalue weighted by Gasteiger charge is -1.97. The molecule has 0 aliphatic heterocycles. The molecule has 15 heavy (non-hydrogen) atoms. The number of primary amides is 1. The van der Waals surface area contributed by atoms with E-state index in [4.69, 9.17) is 5.73 Å². The van der Waals surface area contributed by atoms with Crippen LogP contribution in [0, 0.1) is 6.92 Å². The number of hydrogen-bond donors (Lipinski definition) is 1. The number of nitrogens with two attached hydrogens (primary N) is 1. The van der Waals surface area contributed by atoms with Crippen molar-refractivity contribution in [1.82, 2.24) is 0 Å². The van der Waals surface area contributed by atoms with Gasteiger partial charge >= 0.3 is 0 Å². The van der Waals surface area contributed by atoms with Gasteiger partial charge < -0.3 is 5.73 Å². The van der Waals surface area contributed by atoms with Crippen LogP contribution in [0.2, 0.25) is 0 Å². The molecule has 2 N–H and O–H groups in total. The van der Waals surface area contributed by atoms with Crippen molar-refractivity contribution in [2.45, 2.75) is 6.92 Å². The Balaban J connectivity index is 2.50. The number of hydrogen-bond acceptors (Lipinski definition) is 2. The summed E-state index contributed by atoms with van der Waals surface area (Å²) < 4.78 is 0. The molecule has 0 bridgehead atoms. The number of thiophene rings is 1. The van der Waals surface area contributed by atoms with Gasteiger partial charge in [-0.1, -0.05) is 30.3 Å². The second-order valence-corrected chi connectivity index (χ2v) is 4.41. The van der Waals surface area contributed by atoms with Gasteiger partial charge in [0.05, 0.1) is 4.88 Å². The topological polar surface area (TPSA) is 43.1 Å². The van der Waals surface area contributed by atoms with Gasteiger partial charge in [-0.05, 0) is 24.1 Å². The lowest BCUT2D eigenvalue weighted by Crippen LogP contribution is -2.08. The molecule has 2 aromatic rings. The zero-order valence-electron chi connectivity index (χ0n) is 8.36. The van der Waals surface area contributed by atoms with Crippen LogP contribution in [0.3, 0.4) is 0 Å². The Bertz CT molecular complexity index is 488. The smallest absolute Gasteiger partial charge is 0.258 e. The van der Waals surface area contributed by atoms with E-state index < -0.39 is 0 Å². The number of benzene rings is 1. The molecule has 2 rings (SSSR count). The van der Waals surface area contributed by atoms with Crippen molar-refractivity contribution in [2.24, 2.45) is 5.73 Å². The Morgan fingerprint density at radius 3 is 2.47 bits per heavy atom. The van der Waals surface area contributed by atoms with Crippen molar-refractivity contribution >= 4 is 17.2 Å². The molecule has 1 aromatic carbocycles. The first-order chi connectivity index (χ1) is 7.18. The van der Waals surface area contributed by atoms with E-state index in [0.717, 1.165) is 16.0 Å². The van der Waals surface area contributed by atoms with Crippen molar-refractivity contribution < 1.29 is 4.79 Å². The average Bonchev–Trinajstić information content (AvgIpc) is 2.62. The standard InChI is InChI=1S/C12H11NOS/c1-8-7-10(12(13)14)15-11(8)9-5-3-2-4-6-9/h2-7H,1H3,(H2,13,14). The molecule has 76 valence electrons. The molecule has 0 saturated carbocycles. The highest BCUT2D eigenvalue weighted by Gasteiger charge is 2.10. The maximum atomic E-state index is 11.0. The van der Waals surface area contributed by atoms with Crippen molar-refractivity contribution in [2.75, 3.05) is 0 Å². The van der Waals surface area contributed by atoms with Crippen LogP contribution < -0.4 is 5.73 Å². The molecule has 2 nitrogen and oxygen atoms in total. The first-order valence-electron chi connectivity index (χ1n) is 4.64. The lowest BCUT2D eigenvalue weighted by atomic mass is 10.1. The van der Waals surface area contributed by atoms with E-state index in [1.54, 1.807) is 0 Å². The third-order valence-electron chi connectivity index (χ3n) is 2.20. The molecule has 0 spiro atoms. The summed E-state index contributed by atoms with van der Waals surface area (Å²) in [7, 11) is 0. The van der Waals surface area contributed by atoms with Crippen LogP contribution >= 0.6 is 11.3 Å². The van der Waals surface area contributed by atoms with E-state index in [1.807, 2.05) is 43.3 Å². The van der Waals surface area contributed by atoms with Crippen molar-refractivity contribution in [1.29, 1.82) is 0 Å². The number of carbonyl (C=O) groups excluding carboxylic acids is 1. The molecule has 0 unspecified atom stereocenters. The Morgan fingerprint density at radius 2 is 1.93 bits per heavy atom. The van der Waals surface area contributed by atoms with E-state index in [2.05, 4.69) is 0 Å². The van der Waals surface area contributed by atoms with Crippen LogP contribution in [0.1, 0.15) is 15.2 Å². The minimum Gasteiger partial charge on any atom is -0.365 e. The number of aryl methyl sites for hydroxylation is 1. The number of rotatable bonds is 2. The Hall–Kier alpha value is -1.61. The molecular formula is C12H11NOS. The van der Waals surface area contributed by atoms with E-state index in [9.17, 15) is 4.79 Å². The van der Waals surface area contributed by atoms with Crippen LogP contribution in [0.25, 0.3) is 10.4 Å². The Kier molecular flexibility index (Phi) is 2.56. The predicted octanol–water partition coefficient (Wildman–Crippen LogP) is 2.82. The zero-order chi connectivity index (χ0) is 10.8. The third-order valence-corrected chi connectivity index (χ3v) is 3.50. The summed E-state index contributed by atoms with van der Waals surface area (Å²) in [5.74, 6) is -0.356. The summed E-state index contributed by atoms with van der Waals surface area (Å²) in [6, 6.07) is 11.8. The summed E-state index contributed by atoms with van der Waals surface area (Å²) in [4.78, 5) is 12.8. The molecule has 0 radical (unpaired) electrons. The monoisotopic (exact) mass is 217 g/mol. The first kappa shape index (κ1) is 9.93. The maximum absolute atomic E-state index is 11.0. The molecule has 1 aromatic heterocycles. The van der Waals surface area contributed by atoms with Crippen molar-refractivity contribution in [3.05, 3.63) is 46.8 Å². The molecular weight excluding hydrogens is 206 g/mol. The second kappa shape index (κ2) is 3.87. The normalized spacial score (nSPS) is 10.2. The quantitative estimate of drug-likeness (QED) is 0.825. The molecule has 0 fully saturated rings. The minimum atomic E-state index is -0.356. The van der Waals surface area contributed by atoms with Gasteiger partial charge in [0.15, 0.2) is 0 Å². The highest BCUT2D eigenvalue weighted by atomic mass is 32.1. The van der Waals surface area contributed by atoms with Gasteiger partial charge in [-0.3, -0.25) is 4.79 Å². The fraction of sp³-hybridized carbons (Fsp3) is 0.0833. The molecule has 3 heteroatoms. The predicted molar refractivity (Wildman–Crippen MR) is 63.0 cm³/mol. The first-order valence-corrected chi connectivity index (χ1v) is 5.46. The summed E-state index contributed by atoms with van der Waals surface area (Å²) in [6.07, 6.45) is 0. The summed E-state index contributed by atoms with van der Waals surface area (Å²) >= 11 is 1.45. The van der Waals surface area contributed by atoms with E-state index in [0.29, 0.717) is 4.88 Å². The van der Waals surface area contributed by atoms with Gasteiger partial charge in [0, 0.05) is 4.88 Å². The fourth-order valence-electron chi connectivity index (χ4n) is 1.48. The summed E-state index contributed by atoms with van der Waals surface area (Å²) in [5, 5.41) is 0. The molecule has 1 amide bonds. The van der Waals surface area contributed by atoms with Gasteiger partial charge in [-0.15, -0.1) is 11.3 Å². The second-order valence-electron chi connectivity index (χ2n) is 3.35. The van der Waals surface area contributed by atoms with Gasteiger partial charge in [0.2, 0.25) is 0 Å². The highest BCUT2D eigenvalue weighted by Crippen LogP contribution is 2.31. The van der Waals surface area contributed by atoms with Crippen molar-refractivity contribution in [3.63, 3.8) is 0 Å². The maximum Gasteiger partial charge on any atom is 0.258 e. The molecule has 0 aliphatic carbocycles. The third kappa shape index (κ3) is 1.92. The van der Waals surface area contributed by atoms with Crippen LogP contribution in [0.15, 0.2) is 36.4 Å². The molecule has 1 heterocycles. The SMILES string of the molecule is Cc1cc(C(N)=O)sc1-c1ccccc1. The van der Waals surface area contributed by atoms with E-state index in [1.165, 1.54) is 11.3 Å². The van der Waals surface area contributed by atoms with Crippen LogP contribution in [0.5, 0.6) is 0 Å². The van der Waals surface area contributed by atoms with E-state index >= 15 is 0 Å². The lowest BCUT2D eigenvalue weighted by molar-refractivity contribution is 0.100. The zero-order valence-corrected chi connectivity index (χ0v) is 9.17. The number of amides is 1. The fourth-order valence-corrected chi connectivity index (χ4v) is 2.51. The van der Waals surface area contributed by atoms with E-state index in [-0.39, 0.29) is 5.91 Å². The van der Waals surface area contributed by atoms with Crippen LogP contribution in [-0.4, -0.2) is 5.91 Å². The minimum absolute atomic E-state index is 0.356. The van der Waals surface area contributed by atoms with Gasteiger partial charge in [0.1, 0.15) is 0 Å². The van der Waals surface area contributed by atoms with Crippen molar-refractivity contribution in [3.8, 4) is 10.4 Å². The summed E-state index contributed by atoms with van der Waals surface area (Å²) in [6.45, 7) is 1.99. The highest BCUT2D eigenvalue weighted by molar-refractivity contribution is 7.17. The van der Waals surface area contributed by atoms with Crippen LogP contribution in [0.4, 0.5) is 0 Å². The molecule has 0 atom stereocenters.